The molecule has 1 N–H and O–H groups in total. The molecule has 1 aromatic heterocycles. The van der Waals surface area contributed by atoms with Gasteiger partial charge in [0.05, 0.1) is 17.9 Å². The third-order valence-electron chi connectivity index (χ3n) is 5.11. The van der Waals surface area contributed by atoms with Gasteiger partial charge in [0, 0.05) is 24.4 Å². The molecule has 31 heavy (non-hydrogen) atoms. The zero-order valence-electron chi connectivity index (χ0n) is 20.2. The summed E-state index contributed by atoms with van der Waals surface area (Å²) in [5.74, 6) is 0.743. The fourth-order valence-electron chi connectivity index (χ4n) is 3.36. The summed E-state index contributed by atoms with van der Waals surface area (Å²) in [4.78, 5) is 27.3. The van der Waals surface area contributed by atoms with E-state index in [0.717, 1.165) is 29.8 Å². The Balaban J connectivity index is 2.29. The minimum Gasteiger partial charge on any atom is -0.333 e. The molecule has 0 radical (unpaired) electrons. The van der Waals surface area contributed by atoms with E-state index < -0.39 is 0 Å². The molecule has 0 aliphatic carbocycles. The van der Waals surface area contributed by atoms with Gasteiger partial charge in [-0.1, -0.05) is 66.2 Å². The van der Waals surface area contributed by atoms with Gasteiger partial charge in [-0.2, -0.15) is 5.10 Å². The highest BCUT2D eigenvalue weighted by Crippen LogP contribution is 2.27. The van der Waals surface area contributed by atoms with Crippen molar-refractivity contribution in [2.75, 3.05) is 18.4 Å². The van der Waals surface area contributed by atoms with Crippen LogP contribution in [0.25, 0.3) is 5.69 Å². The minimum atomic E-state index is -0.208. The van der Waals surface area contributed by atoms with E-state index in [1.807, 2.05) is 37.3 Å². The summed E-state index contributed by atoms with van der Waals surface area (Å²) >= 11 is 0. The molecule has 2 amide bonds. The lowest BCUT2D eigenvalue weighted by Crippen LogP contribution is -2.40. The number of carbonyl (C=O) groups excluding carboxylic acids is 2. The van der Waals surface area contributed by atoms with Crippen LogP contribution in [0, 0.1) is 12.8 Å². The number of para-hydroxylation sites is 1. The lowest BCUT2D eigenvalue weighted by atomic mass is 9.92. The summed E-state index contributed by atoms with van der Waals surface area (Å²) in [7, 11) is 0. The van der Waals surface area contributed by atoms with E-state index in [0.29, 0.717) is 24.7 Å². The van der Waals surface area contributed by atoms with Gasteiger partial charge < -0.3 is 10.2 Å². The molecule has 0 bridgehead atoms. The largest absolute Gasteiger partial charge is 0.333 e. The van der Waals surface area contributed by atoms with Gasteiger partial charge in [-0.3, -0.25) is 9.59 Å². The van der Waals surface area contributed by atoms with Gasteiger partial charge in [-0.05, 0) is 30.9 Å². The van der Waals surface area contributed by atoms with Crippen molar-refractivity contribution in [3.05, 3.63) is 41.6 Å². The number of anilines is 1. The first-order chi connectivity index (χ1) is 14.5. The number of aromatic nitrogens is 2. The van der Waals surface area contributed by atoms with Crippen molar-refractivity contribution >= 4 is 17.6 Å². The molecule has 1 aromatic carbocycles. The number of carbonyl (C=O) groups is 2. The van der Waals surface area contributed by atoms with Crippen LogP contribution in [0.1, 0.15) is 72.1 Å². The highest BCUT2D eigenvalue weighted by Gasteiger charge is 2.23. The third kappa shape index (κ3) is 6.94. The maximum absolute atomic E-state index is 13.0. The number of amides is 2. The van der Waals surface area contributed by atoms with Gasteiger partial charge in [0.25, 0.3) is 0 Å². The summed E-state index contributed by atoms with van der Waals surface area (Å²) in [5.41, 5.74) is 2.72. The summed E-state index contributed by atoms with van der Waals surface area (Å²) in [5, 5.41) is 7.80. The quantitative estimate of drug-likeness (QED) is 0.607. The molecule has 2 aromatic rings. The molecule has 0 aliphatic rings. The summed E-state index contributed by atoms with van der Waals surface area (Å²) in [6.45, 7) is 15.1. The number of hydrogen-bond acceptors (Lipinski definition) is 3. The fraction of sp³-hybridized carbons (Fsp3) is 0.560. The van der Waals surface area contributed by atoms with Gasteiger partial charge in [-0.15, -0.1) is 0 Å². The zero-order chi connectivity index (χ0) is 23.2. The topological polar surface area (TPSA) is 67.2 Å². The zero-order valence-corrected chi connectivity index (χ0v) is 20.2. The number of nitrogens with zero attached hydrogens (tertiary/aromatic N) is 3. The molecule has 2 rings (SSSR count). The number of hydrogen-bond donors (Lipinski definition) is 1. The van der Waals surface area contributed by atoms with Crippen molar-refractivity contribution < 1.29 is 9.59 Å². The van der Waals surface area contributed by atoms with Crippen LogP contribution in [0.3, 0.4) is 0 Å². The van der Waals surface area contributed by atoms with E-state index >= 15 is 0 Å². The normalized spacial score (nSPS) is 11.6. The Morgan fingerprint density at radius 1 is 1.19 bits per heavy atom. The van der Waals surface area contributed by atoms with Gasteiger partial charge in [0.15, 0.2) is 0 Å². The smallest absolute Gasteiger partial charge is 0.245 e. The van der Waals surface area contributed by atoms with Crippen molar-refractivity contribution in [2.24, 2.45) is 5.92 Å². The molecule has 0 aliphatic heterocycles. The molecule has 0 unspecified atom stereocenters. The van der Waals surface area contributed by atoms with E-state index in [1.54, 1.807) is 9.58 Å². The monoisotopic (exact) mass is 426 g/mol. The Hall–Kier alpha value is -2.63. The standard InChI is InChI=1S/C25H38N4O2/c1-8-9-14-24(31)28(16-18(2)3)17-23(30)26-22-15-21(25(5,6)7)27-29(22)20-13-11-10-12-19(20)4/h10-13,15,18H,8-9,14,16-17H2,1-7H3,(H,26,30). The molecule has 6 nitrogen and oxygen atoms in total. The Labute approximate surface area is 187 Å². The predicted octanol–water partition coefficient (Wildman–Crippen LogP) is 5.09. The highest BCUT2D eigenvalue weighted by molar-refractivity contribution is 5.94. The van der Waals surface area contributed by atoms with Crippen molar-refractivity contribution in [3.63, 3.8) is 0 Å². The van der Waals surface area contributed by atoms with Crippen LogP contribution in [0.15, 0.2) is 30.3 Å². The van der Waals surface area contributed by atoms with E-state index in [9.17, 15) is 9.59 Å². The highest BCUT2D eigenvalue weighted by atomic mass is 16.2. The van der Waals surface area contributed by atoms with Crippen LogP contribution in [-0.2, 0) is 15.0 Å². The second kappa shape index (κ2) is 10.6. The second-order valence-electron chi connectivity index (χ2n) is 9.68. The van der Waals surface area contributed by atoms with E-state index in [2.05, 4.69) is 46.9 Å². The van der Waals surface area contributed by atoms with E-state index in [4.69, 9.17) is 5.10 Å². The van der Waals surface area contributed by atoms with Crippen LogP contribution >= 0.6 is 0 Å². The maximum Gasteiger partial charge on any atom is 0.245 e. The Kier molecular flexibility index (Phi) is 8.43. The average molecular weight is 427 g/mol. The van der Waals surface area contributed by atoms with Gasteiger partial charge in [-0.25, -0.2) is 4.68 Å². The van der Waals surface area contributed by atoms with Crippen molar-refractivity contribution in [1.29, 1.82) is 0 Å². The Morgan fingerprint density at radius 2 is 1.87 bits per heavy atom. The van der Waals surface area contributed by atoms with Gasteiger partial charge >= 0.3 is 0 Å². The molecule has 0 saturated heterocycles. The molecule has 0 spiro atoms. The van der Waals surface area contributed by atoms with E-state index in [1.165, 1.54) is 0 Å². The van der Waals surface area contributed by atoms with Crippen LogP contribution in [-0.4, -0.2) is 39.6 Å². The molecular weight excluding hydrogens is 388 g/mol. The summed E-state index contributed by atoms with van der Waals surface area (Å²) < 4.78 is 1.79. The number of unbranched alkanes of at least 4 members (excludes halogenated alkanes) is 1. The number of aryl methyl sites for hydroxylation is 1. The Bertz CT molecular complexity index is 893. The van der Waals surface area contributed by atoms with Crippen LogP contribution in [0.2, 0.25) is 0 Å². The molecule has 0 saturated carbocycles. The Morgan fingerprint density at radius 3 is 2.45 bits per heavy atom. The summed E-state index contributed by atoms with van der Waals surface area (Å²) in [6, 6.07) is 9.88. The fourth-order valence-corrected chi connectivity index (χ4v) is 3.36. The summed E-state index contributed by atoms with van der Waals surface area (Å²) in [6.07, 6.45) is 2.27. The van der Waals surface area contributed by atoms with Gasteiger partial charge in [0.2, 0.25) is 11.8 Å². The molecule has 0 atom stereocenters. The lowest BCUT2D eigenvalue weighted by molar-refractivity contribution is -0.135. The first kappa shape index (κ1) is 24.6. The second-order valence-corrected chi connectivity index (χ2v) is 9.68. The molecule has 170 valence electrons. The first-order valence-corrected chi connectivity index (χ1v) is 11.3. The van der Waals surface area contributed by atoms with Crippen LogP contribution in [0.5, 0.6) is 0 Å². The first-order valence-electron chi connectivity index (χ1n) is 11.3. The number of benzene rings is 1. The third-order valence-corrected chi connectivity index (χ3v) is 5.11. The van der Waals surface area contributed by atoms with Crippen LogP contribution in [0.4, 0.5) is 5.82 Å². The molecule has 6 heteroatoms. The number of nitrogens with one attached hydrogen (secondary N) is 1. The average Bonchev–Trinajstić information content (AvgIpc) is 3.09. The van der Waals surface area contributed by atoms with Crippen LogP contribution < -0.4 is 5.32 Å². The minimum absolute atomic E-state index is 0.0356. The van der Waals surface area contributed by atoms with E-state index in [-0.39, 0.29) is 23.8 Å². The SMILES string of the molecule is CCCCC(=O)N(CC(=O)Nc1cc(C(C)(C)C)nn1-c1ccccc1C)CC(C)C. The lowest BCUT2D eigenvalue weighted by Gasteiger charge is -2.24. The predicted molar refractivity (Wildman–Crippen MR) is 127 cm³/mol. The maximum atomic E-state index is 13.0. The van der Waals surface area contributed by atoms with Crippen molar-refractivity contribution in [1.82, 2.24) is 14.7 Å². The van der Waals surface area contributed by atoms with Crippen molar-refractivity contribution in [2.45, 2.75) is 73.1 Å². The molecule has 1 heterocycles. The van der Waals surface area contributed by atoms with Crippen molar-refractivity contribution in [3.8, 4) is 5.69 Å². The molecule has 0 fully saturated rings. The van der Waals surface area contributed by atoms with Gasteiger partial charge in [0.1, 0.15) is 5.82 Å². The number of rotatable bonds is 9. The molecular formula is C25H38N4O2.